The summed E-state index contributed by atoms with van der Waals surface area (Å²) in [6, 6.07) is 25.7. The van der Waals surface area contributed by atoms with Gasteiger partial charge in [0.2, 0.25) is 11.8 Å². The lowest BCUT2D eigenvalue weighted by Gasteiger charge is -2.17. The first-order valence-corrected chi connectivity index (χ1v) is 10.9. The Morgan fingerprint density at radius 3 is 2.12 bits per heavy atom. The van der Waals surface area contributed by atoms with Crippen LogP contribution in [0.25, 0.3) is 27.8 Å². The number of hydrogen-bond acceptors (Lipinski definition) is 5. The van der Waals surface area contributed by atoms with Crippen LogP contribution in [0.3, 0.4) is 0 Å². The van der Waals surface area contributed by atoms with E-state index in [1.807, 2.05) is 67.6 Å². The zero-order valence-electron chi connectivity index (χ0n) is 18.7. The van der Waals surface area contributed by atoms with E-state index in [0.29, 0.717) is 27.9 Å². The molecule has 0 radical (unpaired) electrons. The third-order valence-electron chi connectivity index (χ3n) is 5.84. The lowest BCUT2D eigenvalue weighted by molar-refractivity contribution is -0.131. The average Bonchev–Trinajstić information content (AvgIpc) is 3.36. The summed E-state index contributed by atoms with van der Waals surface area (Å²) in [6.45, 7) is 3.26. The number of para-hydroxylation sites is 1. The highest BCUT2D eigenvalue weighted by Gasteiger charge is 2.29. The standard InChI is InChI=1S/C27H23N3O4/c1-17(19-9-5-3-6-10-19)29-26(32)23-24(20-13-15-22(16-14-20)34-18(2)31)28-30(25(23)27(29)33)21-11-7-4-8-12-21/h3-17,32-33H,1-2H3/t17-/m1/s1. The molecule has 0 aliphatic heterocycles. The SMILES string of the molecule is CC(=O)Oc1ccc(-c2nn(-c3ccccc3)c3c(O)n([C@H](C)c4ccccc4)c(O)c23)cc1. The van der Waals surface area contributed by atoms with Crippen molar-refractivity contribution in [3.05, 3.63) is 90.5 Å². The van der Waals surface area contributed by atoms with Crippen molar-refractivity contribution in [3.63, 3.8) is 0 Å². The van der Waals surface area contributed by atoms with Crippen LogP contribution in [0.2, 0.25) is 0 Å². The number of aromatic nitrogens is 3. The zero-order valence-corrected chi connectivity index (χ0v) is 18.7. The first-order valence-electron chi connectivity index (χ1n) is 10.9. The quantitative estimate of drug-likeness (QED) is 0.273. The minimum atomic E-state index is -0.405. The van der Waals surface area contributed by atoms with Crippen LogP contribution in [0.4, 0.5) is 0 Å². The van der Waals surface area contributed by atoms with E-state index >= 15 is 0 Å². The average molecular weight is 453 g/mol. The Bertz CT molecular complexity index is 1470. The molecule has 5 aromatic rings. The van der Waals surface area contributed by atoms with Crippen LogP contribution >= 0.6 is 0 Å². The first-order chi connectivity index (χ1) is 16.5. The zero-order chi connectivity index (χ0) is 23.8. The van der Waals surface area contributed by atoms with Gasteiger partial charge >= 0.3 is 5.97 Å². The number of carbonyl (C=O) groups excluding carboxylic acids is 1. The fourth-order valence-corrected chi connectivity index (χ4v) is 4.22. The van der Waals surface area contributed by atoms with E-state index in [2.05, 4.69) is 0 Å². The number of esters is 1. The Morgan fingerprint density at radius 1 is 0.882 bits per heavy atom. The molecule has 2 heterocycles. The van der Waals surface area contributed by atoms with Gasteiger partial charge in [-0.15, -0.1) is 0 Å². The van der Waals surface area contributed by atoms with Crippen molar-refractivity contribution in [1.82, 2.24) is 14.3 Å². The fourth-order valence-electron chi connectivity index (χ4n) is 4.22. The molecule has 1 atom stereocenters. The Balaban J connectivity index is 1.74. The highest BCUT2D eigenvalue weighted by molar-refractivity contribution is 6.02. The number of benzene rings is 3. The molecule has 0 saturated heterocycles. The van der Waals surface area contributed by atoms with Gasteiger partial charge in [-0.05, 0) is 48.9 Å². The number of rotatable bonds is 5. The van der Waals surface area contributed by atoms with E-state index in [4.69, 9.17) is 9.84 Å². The lowest BCUT2D eigenvalue weighted by atomic mass is 10.1. The Labute approximate surface area is 196 Å². The monoisotopic (exact) mass is 453 g/mol. The molecule has 3 aromatic carbocycles. The van der Waals surface area contributed by atoms with Crippen molar-refractivity contribution < 1.29 is 19.7 Å². The second-order valence-corrected chi connectivity index (χ2v) is 8.04. The summed E-state index contributed by atoms with van der Waals surface area (Å²) in [6.07, 6.45) is 0. The Kier molecular flexibility index (Phi) is 5.30. The number of ether oxygens (including phenoxy) is 1. The second-order valence-electron chi connectivity index (χ2n) is 8.04. The summed E-state index contributed by atoms with van der Waals surface area (Å²) in [5.41, 5.74) is 3.30. The van der Waals surface area contributed by atoms with E-state index < -0.39 is 5.97 Å². The topological polar surface area (TPSA) is 89.5 Å². The summed E-state index contributed by atoms with van der Waals surface area (Å²) in [5, 5.41) is 27.9. The molecule has 0 bridgehead atoms. The number of aromatic hydroxyl groups is 2. The van der Waals surface area contributed by atoms with Gasteiger partial charge in [0.05, 0.1) is 17.1 Å². The van der Waals surface area contributed by atoms with Crippen LogP contribution in [0.15, 0.2) is 84.9 Å². The molecule has 0 aliphatic rings. The summed E-state index contributed by atoms with van der Waals surface area (Å²) < 4.78 is 8.28. The summed E-state index contributed by atoms with van der Waals surface area (Å²) in [5.74, 6) is -0.150. The maximum atomic E-state index is 11.4. The van der Waals surface area contributed by atoms with Gasteiger partial charge in [-0.1, -0.05) is 48.5 Å². The van der Waals surface area contributed by atoms with Crippen LogP contribution in [0, 0.1) is 0 Å². The van der Waals surface area contributed by atoms with Crippen molar-refractivity contribution in [2.45, 2.75) is 19.9 Å². The summed E-state index contributed by atoms with van der Waals surface area (Å²) in [4.78, 5) is 11.3. The van der Waals surface area contributed by atoms with Crippen molar-refractivity contribution in [3.8, 4) is 34.5 Å². The van der Waals surface area contributed by atoms with Gasteiger partial charge in [0.1, 0.15) is 17.0 Å². The van der Waals surface area contributed by atoms with Gasteiger partial charge in [0, 0.05) is 12.5 Å². The number of carbonyl (C=O) groups is 1. The number of nitrogens with zero attached hydrogens (tertiary/aromatic N) is 3. The maximum Gasteiger partial charge on any atom is 0.308 e. The lowest BCUT2D eigenvalue weighted by Crippen LogP contribution is -2.06. The maximum absolute atomic E-state index is 11.4. The molecule has 170 valence electrons. The molecule has 0 spiro atoms. The van der Waals surface area contributed by atoms with E-state index in [0.717, 1.165) is 11.3 Å². The predicted molar refractivity (Wildman–Crippen MR) is 129 cm³/mol. The van der Waals surface area contributed by atoms with Crippen LogP contribution in [0.1, 0.15) is 25.5 Å². The van der Waals surface area contributed by atoms with Crippen molar-refractivity contribution in [1.29, 1.82) is 0 Å². The van der Waals surface area contributed by atoms with E-state index in [1.54, 1.807) is 28.9 Å². The van der Waals surface area contributed by atoms with Gasteiger partial charge in [-0.2, -0.15) is 5.10 Å². The first kappa shape index (κ1) is 21.3. The summed E-state index contributed by atoms with van der Waals surface area (Å²) in [7, 11) is 0. The molecule has 0 fully saturated rings. The van der Waals surface area contributed by atoms with Gasteiger partial charge in [-0.25, -0.2) is 4.68 Å². The summed E-state index contributed by atoms with van der Waals surface area (Å²) >= 11 is 0. The van der Waals surface area contributed by atoms with Gasteiger partial charge in [0.25, 0.3) is 0 Å². The smallest absolute Gasteiger partial charge is 0.308 e. The Hall–Kier alpha value is -4.52. The van der Waals surface area contributed by atoms with Crippen LogP contribution in [-0.2, 0) is 4.79 Å². The molecule has 2 aromatic heterocycles. The molecule has 7 heteroatoms. The fraction of sp³-hybridized carbons (Fsp3) is 0.111. The predicted octanol–water partition coefficient (Wildman–Crippen LogP) is 5.44. The molecular formula is C27H23N3O4. The van der Waals surface area contributed by atoms with Gasteiger partial charge in [0.15, 0.2) is 0 Å². The molecule has 0 amide bonds. The highest BCUT2D eigenvalue weighted by atomic mass is 16.5. The largest absolute Gasteiger partial charge is 0.494 e. The molecule has 0 saturated carbocycles. The molecule has 0 aliphatic carbocycles. The van der Waals surface area contributed by atoms with Crippen LogP contribution < -0.4 is 4.74 Å². The number of hydrogen-bond donors (Lipinski definition) is 2. The third kappa shape index (κ3) is 3.57. The van der Waals surface area contributed by atoms with Gasteiger partial charge in [-0.3, -0.25) is 9.36 Å². The van der Waals surface area contributed by atoms with Crippen LogP contribution in [0.5, 0.6) is 17.5 Å². The molecule has 7 nitrogen and oxygen atoms in total. The van der Waals surface area contributed by atoms with Crippen molar-refractivity contribution >= 4 is 16.9 Å². The van der Waals surface area contributed by atoms with E-state index in [9.17, 15) is 15.0 Å². The molecule has 34 heavy (non-hydrogen) atoms. The Morgan fingerprint density at radius 2 is 1.50 bits per heavy atom. The minimum Gasteiger partial charge on any atom is -0.494 e. The van der Waals surface area contributed by atoms with Gasteiger partial charge < -0.3 is 14.9 Å². The molecule has 5 rings (SSSR count). The molecule has 2 N–H and O–H groups in total. The molecular weight excluding hydrogens is 430 g/mol. The van der Waals surface area contributed by atoms with Crippen LogP contribution in [-0.4, -0.2) is 30.5 Å². The minimum absolute atomic E-state index is 0.0786. The van der Waals surface area contributed by atoms with Crippen molar-refractivity contribution in [2.24, 2.45) is 0 Å². The highest BCUT2D eigenvalue weighted by Crippen LogP contribution is 2.45. The normalized spacial score (nSPS) is 12.1. The number of fused-ring (bicyclic) bond motifs is 1. The van der Waals surface area contributed by atoms with Crippen molar-refractivity contribution in [2.75, 3.05) is 0 Å². The second kappa shape index (κ2) is 8.44. The molecule has 0 unspecified atom stereocenters. The van der Waals surface area contributed by atoms with E-state index in [1.165, 1.54) is 11.5 Å². The third-order valence-corrected chi connectivity index (χ3v) is 5.84. The van der Waals surface area contributed by atoms with E-state index in [-0.39, 0.29) is 17.8 Å².